The Labute approximate surface area is 243 Å². The smallest absolute Gasteiger partial charge is 0.119 e. The van der Waals surface area contributed by atoms with E-state index in [1.54, 1.807) is 0 Å². The van der Waals surface area contributed by atoms with Gasteiger partial charge >= 0.3 is 0 Å². The molecule has 40 heavy (non-hydrogen) atoms. The number of ether oxygens (including phenoxy) is 4. The molecular weight excluding hydrogens is 504 g/mol. The average Bonchev–Trinajstić information content (AvgIpc) is 2.97. The highest BCUT2D eigenvalue weighted by Gasteiger charge is 2.12. The van der Waals surface area contributed by atoms with E-state index in [9.17, 15) is 10.2 Å². The van der Waals surface area contributed by atoms with Gasteiger partial charge in [0.2, 0.25) is 0 Å². The van der Waals surface area contributed by atoms with Gasteiger partial charge in [-0.2, -0.15) is 0 Å². The minimum atomic E-state index is -0.335. The Hall–Kier alpha value is -2.12. The van der Waals surface area contributed by atoms with Gasteiger partial charge in [0.25, 0.3) is 0 Å². The second-order valence-corrected chi connectivity index (χ2v) is 10.7. The van der Waals surface area contributed by atoms with Crippen LogP contribution in [0.2, 0.25) is 0 Å². The molecule has 2 N–H and O–H groups in total. The van der Waals surface area contributed by atoms with E-state index in [1.807, 2.05) is 38.1 Å². The number of aliphatic hydroxyl groups is 2. The fourth-order valence-electron chi connectivity index (χ4n) is 4.36. The first-order valence-corrected chi connectivity index (χ1v) is 15.5. The molecule has 0 aliphatic carbocycles. The molecule has 0 radical (unpaired) electrons. The Balaban J connectivity index is 1.52. The maximum absolute atomic E-state index is 9.66. The Morgan fingerprint density at radius 1 is 0.550 bits per heavy atom. The highest BCUT2D eigenvalue weighted by atomic mass is 16.5. The van der Waals surface area contributed by atoms with Crippen molar-refractivity contribution >= 4 is 0 Å². The van der Waals surface area contributed by atoms with Crippen LogP contribution in [0.3, 0.4) is 0 Å². The van der Waals surface area contributed by atoms with Crippen molar-refractivity contribution in [3.63, 3.8) is 0 Å². The quantitative estimate of drug-likeness (QED) is 0.130. The van der Waals surface area contributed by atoms with Crippen molar-refractivity contribution in [2.45, 2.75) is 97.2 Å². The van der Waals surface area contributed by atoms with Crippen LogP contribution in [-0.4, -0.2) is 62.1 Å². The van der Waals surface area contributed by atoms with Crippen LogP contribution in [0.1, 0.15) is 85.0 Å². The third-order valence-electron chi connectivity index (χ3n) is 7.27. The van der Waals surface area contributed by atoms with Crippen molar-refractivity contribution in [2.24, 2.45) is 5.92 Å². The predicted octanol–water partition coefficient (Wildman–Crippen LogP) is 7.44. The van der Waals surface area contributed by atoms with E-state index < -0.39 is 0 Å². The van der Waals surface area contributed by atoms with Gasteiger partial charge in [0.1, 0.15) is 11.5 Å². The molecule has 3 unspecified atom stereocenters. The van der Waals surface area contributed by atoms with E-state index >= 15 is 0 Å². The molecule has 2 rings (SSSR count). The molecule has 0 fully saturated rings. The topological polar surface area (TPSA) is 77.4 Å². The van der Waals surface area contributed by atoms with E-state index in [0.29, 0.717) is 13.2 Å². The molecule has 0 aliphatic heterocycles. The number of aliphatic hydroxyl groups excluding tert-OH is 2. The summed E-state index contributed by atoms with van der Waals surface area (Å²) in [5.74, 6) is 2.04. The first-order valence-electron chi connectivity index (χ1n) is 15.5. The van der Waals surface area contributed by atoms with Gasteiger partial charge in [0, 0.05) is 19.1 Å². The van der Waals surface area contributed by atoms with Gasteiger partial charge < -0.3 is 29.2 Å². The van der Waals surface area contributed by atoms with E-state index in [2.05, 4.69) is 31.2 Å². The normalized spacial score (nSPS) is 13.6. The largest absolute Gasteiger partial charge is 0.494 e. The van der Waals surface area contributed by atoms with Crippen LogP contribution in [0, 0.1) is 5.92 Å². The zero-order chi connectivity index (χ0) is 28.8. The molecule has 2 aromatic carbocycles. The van der Waals surface area contributed by atoms with E-state index in [-0.39, 0.29) is 18.1 Å². The van der Waals surface area contributed by atoms with E-state index in [4.69, 9.17) is 18.9 Å². The van der Waals surface area contributed by atoms with Crippen molar-refractivity contribution in [1.82, 2.24) is 0 Å². The molecule has 0 amide bonds. The van der Waals surface area contributed by atoms with E-state index in [1.165, 1.54) is 0 Å². The molecule has 0 saturated carbocycles. The third-order valence-corrected chi connectivity index (χ3v) is 7.27. The lowest BCUT2D eigenvalue weighted by molar-refractivity contribution is 0.0331. The zero-order valence-corrected chi connectivity index (χ0v) is 25.2. The first kappa shape index (κ1) is 34.1. The number of benzene rings is 2. The maximum Gasteiger partial charge on any atom is 0.119 e. The minimum Gasteiger partial charge on any atom is -0.494 e. The Kier molecular flexibility index (Phi) is 18.4. The van der Waals surface area contributed by atoms with Gasteiger partial charge in [-0.1, -0.05) is 51.0 Å². The standard InChI is InChI=1S/C34H54O6/c1-4-29(28(3)35)26-37-22-10-6-8-12-24-39-33-18-14-30(15-19-33)31-16-20-34(21-17-31)40-25-13-9-7-11-23-38-27-32(36)5-2/h14-21,28-29,32,35-36H,4-13,22-27H2,1-3H3. The van der Waals surface area contributed by atoms with Gasteiger partial charge in [-0.25, -0.2) is 0 Å². The van der Waals surface area contributed by atoms with Gasteiger partial charge in [0.05, 0.1) is 38.6 Å². The summed E-state index contributed by atoms with van der Waals surface area (Å²) in [6.45, 7) is 9.91. The zero-order valence-electron chi connectivity index (χ0n) is 25.2. The highest BCUT2D eigenvalue weighted by molar-refractivity contribution is 5.64. The molecular formula is C34H54O6. The second-order valence-electron chi connectivity index (χ2n) is 10.7. The van der Waals surface area contributed by atoms with Crippen molar-refractivity contribution < 1.29 is 29.2 Å². The molecule has 6 heteroatoms. The lowest BCUT2D eigenvalue weighted by Crippen LogP contribution is -2.21. The summed E-state index contributed by atoms with van der Waals surface area (Å²) in [5.41, 5.74) is 2.32. The number of hydrogen-bond acceptors (Lipinski definition) is 6. The molecule has 0 aliphatic rings. The Morgan fingerprint density at radius 2 is 0.975 bits per heavy atom. The molecule has 226 valence electrons. The van der Waals surface area contributed by atoms with E-state index in [0.717, 1.165) is 113 Å². The summed E-state index contributed by atoms with van der Waals surface area (Å²) in [6.07, 6.45) is 9.69. The SMILES string of the molecule is CCC(O)COCCCCCCOc1ccc(-c2ccc(OCCCCCCOCC(CC)C(C)O)cc2)cc1. The average molecular weight is 559 g/mol. The summed E-state index contributed by atoms with van der Waals surface area (Å²) < 4.78 is 23.0. The second kappa shape index (κ2) is 21.6. The molecule has 0 aromatic heterocycles. The van der Waals surface area contributed by atoms with Crippen LogP contribution in [-0.2, 0) is 9.47 Å². The fraction of sp³-hybridized carbons (Fsp3) is 0.647. The van der Waals surface area contributed by atoms with Gasteiger partial charge in [-0.05, 0) is 93.7 Å². The first-order chi connectivity index (χ1) is 19.5. The number of rotatable bonds is 24. The molecule has 0 spiro atoms. The monoisotopic (exact) mass is 558 g/mol. The summed E-state index contributed by atoms with van der Waals surface area (Å²) in [7, 11) is 0. The summed E-state index contributed by atoms with van der Waals surface area (Å²) in [6, 6.07) is 16.6. The molecule has 0 bridgehead atoms. The lowest BCUT2D eigenvalue weighted by atomic mass is 10.0. The van der Waals surface area contributed by atoms with Crippen LogP contribution >= 0.6 is 0 Å². The molecule has 6 nitrogen and oxygen atoms in total. The van der Waals surface area contributed by atoms with Crippen molar-refractivity contribution in [3.8, 4) is 22.6 Å². The van der Waals surface area contributed by atoms with Crippen LogP contribution in [0.25, 0.3) is 11.1 Å². The van der Waals surface area contributed by atoms with Gasteiger partial charge in [0.15, 0.2) is 0 Å². The van der Waals surface area contributed by atoms with Crippen LogP contribution in [0.15, 0.2) is 48.5 Å². The molecule has 0 heterocycles. The molecule has 0 saturated heterocycles. The van der Waals surface area contributed by atoms with Gasteiger partial charge in [-0.3, -0.25) is 0 Å². The third kappa shape index (κ3) is 15.0. The van der Waals surface area contributed by atoms with Crippen LogP contribution in [0.5, 0.6) is 11.5 Å². The lowest BCUT2D eigenvalue weighted by Gasteiger charge is -2.17. The number of unbranched alkanes of at least 4 members (excludes halogenated alkanes) is 6. The predicted molar refractivity (Wildman–Crippen MR) is 163 cm³/mol. The highest BCUT2D eigenvalue weighted by Crippen LogP contribution is 2.25. The molecule has 3 atom stereocenters. The van der Waals surface area contributed by atoms with Gasteiger partial charge in [-0.15, -0.1) is 0 Å². The Morgan fingerprint density at radius 3 is 1.38 bits per heavy atom. The number of hydrogen-bond donors (Lipinski definition) is 2. The van der Waals surface area contributed by atoms with Crippen molar-refractivity contribution in [2.75, 3.05) is 39.6 Å². The summed E-state index contributed by atoms with van der Waals surface area (Å²) in [4.78, 5) is 0. The fourth-order valence-corrected chi connectivity index (χ4v) is 4.36. The van der Waals surface area contributed by atoms with Crippen molar-refractivity contribution in [3.05, 3.63) is 48.5 Å². The minimum absolute atomic E-state index is 0.239. The summed E-state index contributed by atoms with van der Waals surface area (Å²) in [5, 5.41) is 19.1. The molecule has 2 aromatic rings. The van der Waals surface area contributed by atoms with Crippen LogP contribution < -0.4 is 9.47 Å². The van der Waals surface area contributed by atoms with Crippen molar-refractivity contribution in [1.29, 1.82) is 0 Å². The Bertz CT molecular complexity index is 852. The maximum atomic E-state index is 9.66. The summed E-state index contributed by atoms with van der Waals surface area (Å²) >= 11 is 0. The van der Waals surface area contributed by atoms with Crippen LogP contribution in [0.4, 0.5) is 0 Å².